The fraction of sp³-hybridized carbons (Fsp3) is 0.400. The maximum absolute atomic E-state index is 11.8. The molecule has 1 heterocycles. The Balaban J connectivity index is 1.84. The van der Waals surface area contributed by atoms with Crippen LogP contribution >= 0.6 is 0 Å². The number of carbonyl (C=O) groups is 1. The van der Waals surface area contributed by atoms with Crippen molar-refractivity contribution >= 4 is 5.91 Å². The van der Waals surface area contributed by atoms with Crippen molar-refractivity contribution < 1.29 is 4.79 Å². The third kappa shape index (κ3) is 3.20. The SMILES string of the molecule is C=C(C)C(=O)N1CCN(Cc2ccccc2)CC1. The highest BCUT2D eigenvalue weighted by Crippen LogP contribution is 2.09. The van der Waals surface area contributed by atoms with E-state index in [1.165, 1.54) is 5.56 Å². The monoisotopic (exact) mass is 244 g/mol. The summed E-state index contributed by atoms with van der Waals surface area (Å²) in [5.41, 5.74) is 1.96. The van der Waals surface area contributed by atoms with E-state index in [9.17, 15) is 4.79 Å². The highest BCUT2D eigenvalue weighted by Gasteiger charge is 2.20. The lowest BCUT2D eigenvalue weighted by Crippen LogP contribution is -2.48. The molecule has 1 aliphatic rings. The molecule has 1 fully saturated rings. The van der Waals surface area contributed by atoms with E-state index >= 15 is 0 Å². The molecule has 1 aliphatic heterocycles. The topological polar surface area (TPSA) is 23.6 Å². The van der Waals surface area contributed by atoms with Gasteiger partial charge in [-0.2, -0.15) is 0 Å². The van der Waals surface area contributed by atoms with Crippen LogP contribution in [-0.4, -0.2) is 41.9 Å². The standard InChI is InChI=1S/C15H20N2O/c1-13(2)15(18)17-10-8-16(9-11-17)12-14-6-4-3-5-7-14/h3-7H,1,8-12H2,2H3. The summed E-state index contributed by atoms with van der Waals surface area (Å²) in [6.45, 7) is 9.94. The molecule has 1 amide bonds. The number of amides is 1. The van der Waals surface area contributed by atoms with Crippen LogP contribution in [0.5, 0.6) is 0 Å². The van der Waals surface area contributed by atoms with Gasteiger partial charge in [-0.1, -0.05) is 36.9 Å². The van der Waals surface area contributed by atoms with E-state index in [0.717, 1.165) is 32.7 Å². The molecule has 0 radical (unpaired) electrons. The van der Waals surface area contributed by atoms with E-state index < -0.39 is 0 Å². The molecule has 0 unspecified atom stereocenters. The van der Waals surface area contributed by atoms with E-state index in [1.54, 1.807) is 6.92 Å². The molecule has 1 aromatic rings. The van der Waals surface area contributed by atoms with E-state index in [4.69, 9.17) is 0 Å². The summed E-state index contributed by atoms with van der Waals surface area (Å²) in [4.78, 5) is 16.0. The number of nitrogens with zero attached hydrogens (tertiary/aromatic N) is 2. The normalized spacial score (nSPS) is 16.6. The number of hydrogen-bond donors (Lipinski definition) is 0. The molecule has 0 saturated carbocycles. The first-order valence-corrected chi connectivity index (χ1v) is 6.38. The summed E-state index contributed by atoms with van der Waals surface area (Å²) in [6.07, 6.45) is 0. The van der Waals surface area contributed by atoms with Crippen LogP contribution in [0.2, 0.25) is 0 Å². The van der Waals surface area contributed by atoms with Crippen LogP contribution in [0.4, 0.5) is 0 Å². The minimum atomic E-state index is 0.0920. The van der Waals surface area contributed by atoms with Gasteiger partial charge in [0.1, 0.15) is 0 Å². The van der Waals surface area contributed by atoms with Crippen molar-refractivity contribution in [2.75, 3.05) is 26.2 Å². The second kappa shape index (κ2) is 5.83. The predicted octanol–water partition coefficient (Wildman–Crippen LogP) is 1.91. The van der Waals surface area contributed by atoms with Crippen LogP contribution in [-0.2, 0) is 11.3 Å². The molecule has 0 atom stereocenters. The lowest BCUT2D eigenvalue weighted by atomic mass is 10.2. The second-order valence-electron chi connectivity index (χ2n) is 4.83. The Bertz CT molecular complexity index is 419. The Morgan fingerprint density at radius 1 is 1.17 bits per heavy atom. The molecule has 1 saturated heterocycles. The molecule has 1 aromatic carbocycles. The van der Waals surface area contributed by atoms with Gasteiger partial charge in [0, 0.05) is 38.3 Å². The summed E-state index contributed by atoms with van der Waals surface area (Å²) >= 11 is 0. The molecule has 18 heavy (non-hydrogen) atoms. The highest BCUT2D eigenvalue weighted by molar-refractivity contribution is 5.92. The van der Waals surface area contributed by atoms with Crippen LogP contribution in [0, 0.1) is 0 Å². The van der Waals surface area contributed by atoms with Crippen LogP contribution in [0.3, 0.4) is 0 Å². The number of rotatable bonds is 3. The van der Waals surface area contributed by atoms with E-state index in [-0.39, 0.29) is 5.91 Å². The quantitative estimate of drug-likeness (QED) is 0.758. The first-order valence-electron chi connectivity index (χ1n) is 6.38. The molecule has 2 rings (SSSR count). The van der Waals surface area contributed by atoms with Crippen LogP contribution in [0.1, 0.15) is 12.5 Å². The summed E-state index contributed by atoms with van der Waals surface area (Å²) in [5.74, 6) is 0.0920. The Labute approximate surface area is 109 Å². The predicted molar refractivity (Wildman–Crippen MR) is 73.1 cm³/mol. The lowest BCUT2D eigenvalue weighted by molar-refractivity contribution is -0.128. The molecule has 0 spiro atoms. The zero-order valence-electron chi connectivity index (χ0n) is 10.9. The van der Waals surface area contributed by atoms with Crippen molar-refractivity contribution in [3.63, 3.8) is 0 Å². The number of piperazine rings is 1. The molecular weight excluding hydrogens is 224 g/mol. The minimum absolute atomic E-state index is 0.0920. The Kier molecular flexibility index (Phi) is 4.15. The van der Waals surface area contributed by atoms with E-state index in [0.29, 0.717) is 5.57 Å². The van der Waals surface area contributed by atoms with Gasteiger partial charge in [-0.15, -0.1) is 0 Å². The number of carbonyl (C=O) groups excluding carboxylic acids is 1. The fourth-order valence-corrected chi connectivity index (χ4v) is 2.22. The smallest absolute Gasteiger partial charge is 0.248 e. The van der Waals surface area contributed by atoms with Gasteiger partial charge in [-0.3, -0.25) is 9.69 Å². The molecule has 0 N–H and O–H groups in total. The highest BCUT2D eigenvalue weighted by atomic mass is 16.2. The summed E-state index contributed by atoms with van der Waals surface area (Å²) < 4.78 is 0. The van der Waals surface area contributed by atoms with Gasteiger partial charge < -0.3 is 4.90 Å². The van der Waals surface area contributed by atoms with Crippen LogP contribution in [0.15, 0.2) is 42.5 Å². The van der Waals surface area contributed by atoms with Crippen molar-refractivity contribution in [3.05, 3.63) is 48.0 Å². The minimum Gasteiger partial charge on any atom is -0.336 e. The number of hydrogen-bond acceptors (Lipinski definition) is 2. The third-order valence-electron chi connectivity index (χ3n) is 3.27. The largest absolute Gasteiger partial charge is 0.336 e. The van der Waals surface area contributed by atoms with Gasteiger partial charge >= 0.3 is 0 Å². The Morgan fingerprint density at radius 3 is 2.33 bits per heavy atom. The van der Waals surface area contributed by atoms with Gasteiger partial charge in [0.05, 0.1) is 0 Å². The maximum Gasteiger partial charge on any atom is 0.248 e. The van der Waals surface area contributed by atoms with Crippen molar-refractivity contribution in [1.82, 2.24) is 9.80 Å². The van der Waals surface area contributed by atoms with Gasteiger partial charge in [0.25, 0.3) is 0 Å². The first kappa shape index (κ1) is 12.8. The molecule has 3 nitrogen and oxygen atoms in total. The fourth-order valence-electron chi connectivity index (χ4n) is 2.22. The Hall–Kier alpha value is -1.61. The zero-order valence-corrected chi connectivity index (χ0v) is 10.9. The van der Waals surface area contributed by atoms with Crippen molar-refractivity contribution in [2.45, 2.75) is 13.5 Å². The second-order valence-corrected chi connectivity index (χ2v) is 4.83. The average molecular weight is 244 g/mol. The molecular formula is C15H20N2O. The van der Waals surface area contributed by atoms with Crippen molar-refractivity contribution in [3.8, 4) is 0 Å². The lowest BCUT2D eigenvalue weighted by Gasteiger charge is -2.34. The maximum atomic E-state index is 11.8. The number of benzene rings is 1. The van der Waals surface area contributed by atoms with Crippen molar-refractivity contribution in [1.29, 1.82) is 0 Å². The van der Waals surface area contributed by atoms with Gasteiger partial charge in [-0.25, -0.2) is 0 Å². The molecule has 0 aromatic heterocycles. The van der Waals surface area contributed by atoms with Gasteiger partial charge in [0.2, 0.25) is 5.91 Å². The summed E-state index contributed by atoms with van der Waals surface area (Å²) in [5, 5.41) is 0. The average Bonchev–Trinajstić information content (AvgIpc) is 2.40. The Morgan fingerprint density at radius 2 is 1.78 bits per heavy atom. The third-order valence-corrected chi connectivity index (χ3v) is 3.27. The first-order chi connectivity index (χ1) is 8.66. The van der Waals surface area contributed by atoms with E-state index in [1.807, 2.05) is 11.0 Å². The van der Waals surface area contributed by atoms with Gasteiger partial charge in [-0.05, 0) is 12.5 Å². The molecule has 3 heteroatoms. The molecule has 0 bridgehead atoms. The van der Waals surface area contributed by atoms with E-state index in [2.05, 4.69) is 35.7 Å². The van der Waals surface area contributed by atoms with Gasteiger partial charge in [0.15, 0.2) is 0 Å². The van der Waals surface area contributed by atoms with Crippen LogP contribution < -0.4 is 0 Å². The van der Waals surface area contributed by atoms with Crippen LogP contribution in [0.25, 0.3) is 0 Å². The zero-order chi connectivity index (χ0) is 13.0. The summed E-state index contributed by atoms with van der Waals surface area (Å²) in [7, 11) is 0. The van der Waals surface area contributed by atoms with Crippen molar-refractivity contribution in [2.24, 2.45) is 0 Å². The molecule has 0 aliphatic carbocycles. The summed E-state index contributed by atoms with van der Waals surface area (Å²) in [6, 6.07) is 10.5. The molecule has 96 valence electrons.